The molecule has 1 aliphatic rings. The molecule has 2 aromatic carbocycles. The van der Waals surface area contributed by atoms with Crippen LogP contribution in [0.15, 0.2) is 58.5 Å². The van der Waals surface area contributed by atoms with Crippen LogP contribution in [0.3, 0.4) is 0 Å². The second-order valence-electron chi connectivity index (χ2n) is 6.49. The number of nitrogens with two attached hydrogens (primary N) is 1. The van der Waals surface area contributed by atoms with Gasteiger partial charge in [0.1, 0.15) is 11.4 Å². The van der Waals surface area contributed by atoms with Crippen molar-refractivity contribution < 1.29 is 8.42 Å². The molecule has 0 unspecified atom stereocenters. The van der Waals surface area contributed by atoms with E-state index in [1.165, 1.54) is 4.31 Å². The molecule has 0 saturated carbocycles. The van der Waals surface area contributed by atoms with E-state index in [0.717, 1.165) is 16.9 Å². The molecule has 1 aliphatic heterocycles. The molecule has 3 N–H and O–H groups in total. The molecule has 29 heavy (non-hydrogen) atoms. The summed E-state index contributed by atoms with van der Waals surface area (Å²) < 4.78 is 28.9. The fraction of sp³-hybridized carbons (Fsp3) is 0.105. The maximum atomic E-state index is 12.9. The molecule has 0 bridgehead atoms. The minimum atomic E-state index is -3.61. The van der Waals surface area contributed by atoms with Crippen molar-refractivity contribution in [1.82, 2.24) is 15.2 Å². The number of hydrazone groups is 1. The lowest BCUT2D eigenvalue weighted by atomic mass is 10.1. The molecular formula is C19H18N6O2S2. The molecule has 2 heterocycles. The predicted molar refractivity (Wildman–Crippen MR) is 117 cm³/mol. The molecule has 0 saturated heterocycles. The highest BCUT2D eigenvalue weighted by molar-refractivity contribution is 7.93. The Morgan fingerprint density at radius 2 is 1.90 bits per heavy atom. The van der Waals surface area contributed by atoms with Crippen molar-refractivity contribution in [2.24, 2.45) is 10.8 Å². The average Bonchev–Trinajstić information content (AvgIpc) is 3.04. The Bertz CT molecular complexity index is 1250. The van der Waals surface area contributed by atoms with E-state index >= 15 is 0 Å². The van der Waals surface area contributed by atoms with E-state index in [1.54, 1.807) is 36.1 Å². The number of anilines is 1. The third-order valence-electron chi connectivity index (χ3n) is 4.71. The monoisotopic (exact) mass is 426 g/mol. The van der Waals surface area contributed by atoms with Gasteiger partial charge in [0, 0.05) is 12.6 Å². The summed E-state index contributed by atoms with van der Waals surface area (Å²) in [7, 11) is -2.06. The number of hydrogen-bond donors (Lipinski definition) is 2. The molecule has 0 spiro atoms. The van der Waals surface area contributed by atoms with Gasteiger partial charge in [0.25, 0.3) is 10.0 Å². The van der Waals surface area contributed by atoms with Gasteiger partial charge in [-0.3, -0.25) is 9.73 Å². The van der Waals surface area contributed by atoms with Gasteiger partial charge in [0.2, 0.25) is 0 Å². The first-order chi connectivity index (χ1) is 13.8. The van der Waals surface area contributed by atoms with Crippen LogP contribution >= 0.6 is 12.2 Å². The summed E-state index contributed by atoms with van der Waals surface area (Å²) in [6, 6.07) is 14.4. The van der Waals surface area contributed by atoms with Gasteiger partial charge in [-0.25, -0.2) is 13.1 Å². The Morgan fingerprint density at radius 3 is 2.59 bits per heavy atom. The summed E-state index contributed by atoms with van der Waals surface area (Å²) in [5, 5.41) is 8.74. The summed E-state index contributed by atoms with van der Waals surface area (Å²) in [5.74, 6) is 0. The quantitative estimate of drug-likeness (QED) is 0.378. The van der Waals surface area contributed by atoms with E-state index in [9.17, 15) is 8.42 Å². The van der Waals surface area contributed by atoms with Crippen LogP contribution in [0.1, 0.15) is 11.3 Å². The van der Waals surface area contributed by atoms with Gasteiger partial charge in [-0.1, -0.05) is 30.3 Å². The maximum absolute atomic E-state index is 12.9. The lowest BCUT2D eigenvalue weighted by Gasteiger charge is -2.26. The van der Waals surface area contributed by atoms with Crippen molar-refractivity contribution in [2.45, 2.75) is 11.8 Å². The third-order valence-corrected chi connectivity index (χ3v) is 6.61. The number of thiocarbonyl (C=S) groups is 1. The molecule has 8 nitrogen and oxygen atoms in total. The summed E-state index contributed by atoms with van der Waals surface area (Å²) in [6.45, 7) is 1.85. The minimum Gasteiger partial charge on any atom is -0.375 e. The maximum Gasteiger partial charge on any atom is 0.264 e. The van der Waals surface area contributed by atoms with Crippen molar-refractivity contribution in [3.8, 4) is 16.9 Å². The molecule has 4 rings (SSSR count). The number of nitrogens with zero attached hydrogens (tertiary/aromatic N) is 4. The Kier molecular flexibility index (Phi) is 4.59. The largest absolute Gasteiger partial charge is 0.375 e. The van der Waals surface area contributed by atoms with Crippen LogP contribution in [0.5, 0.6) is 0 Å². The van der Waals surface area contributed by atoms with E-state index in [2.05, 4.69) is 10.5 Å². The van der Waals surface area contributed by atoms with Gasteiger partial charge in [-0.2, -0.15) is 10.2 Å². The van der Waals surface area contributed by atoms with E-state index in [0.29, 0.717) is 16.9 Å². The SMILES string of the molecule is Cc1c2c(nn1-c1ccc(/C=N/NC(N)=S)cc1)-c1ccccc1S(=O)(=O)N2C. The van der Waals surface area contributed by atoms with Crippen molar-refractivity contribution in [2.75, 3.05) is 11.4 Å². The molecule has 0 amide bonds. The summed E-state index contributed by atoms with van der Waals surface area (Å²) in [4.78, 5) is 0.261. The summed E-state index contributed by atoms with van der Waals surface area (Å²) >= 11 is 4.70. The lowest BCUT2D eigenvalue weighted by Crippen LogP contribution is -2.30. The molecule has 148 valence electrons. The zero-order chi connectivity index (χ0) is 20.8. The van der Waals surface area contributed by atoms with Gasteiger partial charge < -0.3 is 5.73 Å². The average molecular weight is 427 g/mol. The molecule has 10 heteroatoms. The molecule has 3 aromatic rings. The highest BCUT2D eigenvalue weighted by Crippen LogP contribution is 2.43. The first kappa shape index (κ1) is 19.1. The van der Waals surface area contributed by atoms with Crippen LogP contribution in [0, 0.1) is 6.92 Å². The van der Waals surface area contributed by atoms with E-state index in [4.69, 9.17) is 23.1 Å². The zero-order valence-corrected chi connectivity index (χ0v) is 17.3. The van der Waals surface area contributed by atoms with Crippen LogP contribution in [0.25, 0.3) is 16.9 Å². The minimum absolute atomic E-state index is 0.0926. The van der Waals surface area contributed by atoms with Crippen LogP contribution in [-0.4, -0.2) is 36.6 Å². The second-order valence-corrected chi connectivity index (χ2v) is 8.87. The molecule has 1 aromatic heterocycles. The number of rotatable bonds is 3. The number of benzene rings is 2. The third kappa shape index (κ3) is 3.15. The van der Waals surface area contributed by atoms with Crippen molar-refractivity contribution in [3.63, 3.8) is 0 Å². The van der Waals surface area contributed by atoms with Gasteiger partial charge in [0.05, 0.1) is 22.5 Å². The normalized spacial score (nSPS) is 14.5. The van der Waals surface area contributed by atoms with Gasteiger partial charge in [-0.15, -0.1) is 0 Å². The number of nitrogens with one attached hydrogen (secondary N) is 1. The van der Waals surface area contributed by atoms with Crippen LogP contribution < -0.4 is 15.5 Å². The second kappa shape index (κ2) is 6.98. The van der Waals surface area contributed by atoms with E-state index < -0.39 is 10.0 Å². The molecule has 0 atom stereocenters. The lowest BCUT2D eigenvalue weighted by molar-refractivity contribution is 0.594. The standard InChI is InChI=1S/C19H18N6O2S2/c1-12-18-17(15-5-3-4-6-16(15)29(26,27)24(18)2)23-25(12)14-9-7-13(8-10-14)11-21-22-19(20)28/h3-11H,1-2H3,(H3,20,22,28)/b21-11+. The Morgan fingerprint density at radius 1 is 1.21 bits per heavy atom. The number of hydrogen-bond acceptors (Lipinski definition) is 5. The van der Waals surface area contributed by atoms with Crippen molar-refractivity contribution >= 4 is 39.3 Å². The topological polar surface area (TPSA) is 106 Å². The van der Waals surface area contributed by atoms with Crippen LogP contribution in [-0.2, 0) is 10.0 Å². The van der Waals surface area contributed by atoms with Crippen LogP contribution in [0.4, 0.5) is 5.69 Å². The molecule has 0 aliphatic carbocycles. The highest BCUT2D eigenvalue weighted by Gasteiger charge is 2.36. The Balaban J connectivity index is 1.78. The fourth-order valence-corrected chi connectivity index (χ4v) is 4.83. The Hall–Kier alpha value is -3.24. The molecular weight excluding hydrogens is 408 g/mol. The van der Waals surface area contributed by atoms with Gasteiger partial charge in [0.15, 0.2) is 5.11 Å². The van der Waals surface area contributed by atoms with Gasteiger partial charge >= 0.3 is 0 Å². The van der Waals surface area contributed by atoms with E-state index in [1.807, 2.05) is 37.3 Å². The van der Waals surface area contributed by atoms with E-state index in [-0.39, 0.29) is 10.0 Å². The van der Waals surface area contributed by atoms with Crippen molar-refractivity contribution in [1.29, 1.82) is 0 Å². The predicted octanol–water partition coefficient (Wildman–Crippen LogP) is 2.15. The Labute approximate surface area is 173 Å². The summed E-state index contributed by atoms with van der Waals surface area (Å²) in [5.41, 5.74) is 12.0. The smallest absolute Gasteiger partial charge is 0.264 e. The molecule has 0 radical (unpaired) electrons. The van der Waals surface area contributed by atoms with Gasteiger partial charge in [-0.05, 0) is 42.9 Å². The first-order valence-corrected chi connectivity index (χ1v) is 10.5. The first-order valence-electron chi connectivity index (χ1n) is 8.67. The number of fused-ring (bicyclic) bond motifs is 3. The summed E-state index contributed by atoms with van der Waals surface area (Å²) in [6.07, 6.45) is 1.60. The zero-order valence-electron chi connectivity index (χ0n) is 15.7. The highest BCUT2D eigenvalue weighted by atomic mass is 32.2. The number of sulfonamides is 1. The molecule has 0 fully saturated rings. The fourth-order valence-electron chi connectivity index (χ4n) is 3.33. The number of aromatic nitrogens is 2. The van der Waals surface area contributed by atoms with Crippen LogP contribution in [0.2, 0.25) is 0 Å². The van der Waals surface area contributed by atoms with Crippen molar-refractivity contribution in [3.05, 3.63) is 59.8 Å².